The highest BCUT2D eigenvalue weighted by Crippen LogP contribution is 2.34. The van der Waals surface area contributed by atoms with E-state index in [-0.39, 0.29) is 11.5 Å². The van der Waals surface area contributed by atoms with Gasteiger partial charge in [0.15, 0.2) is 0 Å². The fourth-order valence-electron chi connectivity index (χ4n) is 0.379. The average molecular weight is 272 g/mol. The van der Waals surface area contributed by atoms with Crippen molar-refractivity contribution in [3.63, 3.8) is 0 Å². The molecule has 0 bridgehead atoms. The Morgan fingerprint density at radius 3 is 1.60 bits per heavy atom. The summed E-state index contributed by atoms with van der Waals surface area (Å²) >= 11 is 0. The molecule has 0 amide bonds. The van der Waals surface area contributed by atoms with Crippen LogP contribution in [0, 0.1) is 0 Å². The van der Waals surface area contributed by atoms with Crippen molar-refractivity contribution in [2.24, 2.45) is 11.5 Å². The highest BCUT2D eigenvalue weighted by Gasteiger charge is 2.13. The van der Waals surface area contributed by atoms with Crippen molar-refractivity contribution in [2.75, 3.05) is 11.5 Å². The summed E-state index contributed by atoms with van der Waals surface area (Å²) in [6.45, 7) is 0. The molecular weight excluding hydrogens is 260 g/mol. The van der Waals surface area contributed by atoms with Gasteiger partial charge in [0.1, 0.15) is 12.1 Å². The highest BCUT2D eigenvalue weighted by atomic mass is 33.5. The number of aliphatic carboxylic acids is 2. The van der Waals surface area contributed by atoms with E-state index >= 15 is 0 Å². The number of carboxylic acids is 2. The Hall–Kier alpha value is -0.0900. The normalized spacial score (nSPS) is 14.5. The third-order valence-corrected chi connectivity index (χ3v) is 5.53. The quantitative estimate of drug-likeness (QED) is 0.352. The van der Waals surface area contributed by atoms with Crippen LogP contribution in [0.25, 0.3) is 0 Å². The molecule has 9 heteroatoms. The van der Waals surface area contributed by atoms with E-state index in [1.165, 1.54) is 31.4 Å². The van der Waals surface area contributed by atoms with Gasteiger partial charge in [-0.15, -0.1) is 0 Å². The Morgan fingerprint density at radius 1 is 1.00 bits per heavy atom. The fourth-order valence-corrected chi connectivity index (χ4v) is 4.17. The summed E-state index contributed by atoms with van der Waals surface area (Å²) in [6, 6.07) is -1.78. The lowest BCUT2D eigenvalue weighted by Crippen LogP contribution is -2.32. The number of hydrogen-bond acceptors (Lipinski definition) is 7. The molecule has 0 saturated heterocycles. The lowest BCUT2D eigenvalue weighted by atomic mass is 10.4. The number of carboxylic acid groups (broad SMARTS) is 2. The molecule has 0 aliphatic carbocycles. The van der Waals surface area contributed by atoms with Crippen molar-refractivity contribution in [1.82, 2.24) is 0 Å². The van der Waals surface area contributed by atoms with Crippen molar-refractivity contribution in [2.45, 2.75) is 12.1 Å². The molecule has 0 aromatic carbocycles. The zero-order valence-electron chi connectivity index (χ0n) is 7.66. The largest absolute Gasteiger partial charge is 0.480 e. The third-order valence-electron chi connectivity index (χ3n) is 1.23. The first-order valence-corrected chi connectivity index (χ1v) is 7.65. The maximum absolute atomic E-state index is 10.3. The van der Waals surface area contributed by atoms with E-state index in [9.17, 15) is 9.59 Å². The molecule has 2 unspecified atom stereocenters. The van der Waals surface area contributed by atoms with Gasteiger partial charge in [-0.2, -0.15) is 0 Å². The first-order chi connectivity index (χ1) is 6.95. The van der Waals surface area contributed by atoms with Crippen LogP contribution in [0.1, 0.15) is 0 Å². The van der Waals surface area contributed by atoms with Gasteiger partial charge in [0.25, 0.3) is 0 Å². The summed E-state index contributed by atoms with van der Waals surface area (Å²) in [6.07, 6.45) is 0. The number of nitrogens with two attached hydrogens (primary N) is 2. The maximum Gasteiger partial charge on any atom is 0.321 e. The van der Waals surface area contributed by atoms with Gasteiger partial charge in [-0.3, -0.25) is 9.59 Å². The minimum absolute atomic E-state index is 0.273. The molecule has 88 valence electrons. The molecule has 0 aliphatic rings. The molecule has 15 heavy (non-hydrogen) atoms. The second-order valence-corrected chi connectivity index (χ2v) is 6.85. The van der Waals surface area contributed by atoms with Crippen LogP contribution < -0.4 is 11.5 Å². The van der Waals surface area contributed by atoms with Crippen LogP contribution in [-0.4, -0.2) is 45.7 Å². The SMILES string of the molecule is NC(CSSSCC(N)C(=O)O)C(=O)O. The highest BCUT2D eigenvalue weighted by molar-refractivity contribution is 9.09. The molecule has 0 radical (unpaired) electrons. The summed E-state index contributed by atoms with van der Waals surface area (Å²) in [5, 5.41) is 16.9. The van der Waals surface area contributed by atoms with Crippen molar-refractivity contribution >= 4 is 43.4 Å². The molecule has 0 aliphatic heterocycles. The van der Waals surface area contributed by atoms with Crippen LogP contribution in [0.3, 0.4) is 0 Å². The average Bonchev–Trinajstić information content (AvgIpc) is 2.16. The molecule has 0 spiro atoms. The van der Waals surface area contributed by atoms with E-state index in [4.69, 9.17) is 21.7 Å². The van der Waals surface area contributed by atoms with Crippen LogP contribution in [0.2, 0.25) is 0 Å². The van der Waals surface area contributed by atoms with Crippen LogP contribution in [0.15, 0.2) is 0 Å². The Morgan fingerprint density at radius 2 is 1.33 bits per heavy atom. The second kappa shape index (κ2) is 8.11. The molecule has 0 aromatic heterocycles. The fraction of sp³-hybridized carbons (Fsp3) is 0.667. The summed E-state index contributed by atoms with van der Waals surface area (Å²) in [4.78, 5) is 20.6. The molecule has 0 heterocycles. The monoisotopic (exact) mass is 272 g/mol. The van der Waals surface area contributed by atoms with Gasteiger partial charge in [-0.05, 0) is 9.83 Å². The van der Waals surface area contributed by atoms with E-state index in [2.05, 4.69) is 0 Å². The summed E-state index contributed by atoms with van der Waals surface area (Å²) in [7, 11) is 3.83. The van der Waals surface area contributed by atoms with Gasteiger partial charge in [0.05, 0.1) is 0 Å². The van der Waals surface area contributed by atoms with Gasteiger partial charge in [0, 0.05) is 11.5 Å². The zero-order chi connectivity index (χ0) is 11.8. The summed E-state index contributed by atoms with van der Waals surface area (Å²) < 4.78 is 0. The van der Waals surface area contributed by atoms with Crippen molar-refractivity contribution in [3.8, 4) is 0 Å². The van der Waals surface area contributed by atoms with Crippen LogP contribution in [-0.2, 0) is 9.59 Å². The first kappa shape index (κ1) is 14.9. The minimum Gasteiger partial charge on any atom is -0.480 e. The first-order valence-electron chi connectivity index (χ1n) is 3.83. The Balaban J connectivity index is 3.40. The van der Waals surface area contributed by atoms with Gasteiger partial charge in [-0.1, -0.05) is 21.6 Å². The summed E-state index contributed by atoms with van der Waals surface area (Å²) in [5.41, 5.74) is 10.5. The molecule has 2 atom stereocenters. The predicted octanol–water partition coefficient (Wildman–Crippen LogP) is -0.160. The van der Waals surface area contributed by atoms with E-state index in [1.807, 2.05) is 0 Å². The zero-order valence-corrected chi connectivity index (χ0v) is 10.1. The van der Waals surface area contributed by atoms with E-state index in [0.29, 0.717) is 0 Å². The topological polar surface area (TPSA) is 127 Å². The van der Waals surface area contributed by atoms with E-state index < -0.39 is 24.0 Å². The summed E-state index contributed by atoms with van der Waals surface area (Å²) in [5.74, 6) is -1.55. The number of rotatable bonds is 8. The van der Waals surface area contributed by atoms with Gasteiger partial charge >= 0.3 is 11.9 Å². The van der Waals surface area contributed by atoms with E-state index in [0.717, 1.165) is 0 Å². The third kappa shape index (κ3) is 7.79. The molecule has 0 saturated carbocycles. The maximum atomic E-state index is 10.3. The molecule has 6 nitrogen and oxygen atoms in total. The molecule has 0 fully saturated rings. The Kier molecular flexibility index (Phi) is 8.06. The van der Waals surface area contributed by atoms with Crippen molar-refractivity contribution in [1.29, 1.82) is 0 Å². The smallest absolute Gasteiger partial charge is 0.321 e. The van der Waals surface area contributed by atoms with Gasteiger partial charge in [-0.25, -0.2) is 0 Å². The number of carbonyl (C=O) groups is 2. The van der Waals surface area contributed by atoms with Crippen LogP contribution in [0.4, 0.5) is 0 Å². The lowest BCUT2D eigenvalue weighted by molar-refractivity contribution is -0.138. The molecule has 6 N–H and O–H groups in total. The van der Waals surface area contributed by atoms with E-state index in [1.54, 1.807) is 0 Å². The molecule has 0 rings (SSSR count). The van der Waals surface area contributed by atoms with Crippen molar-refractivity contribution < 1.29 is 19.8 Å². The van der Waals surface area contributed by atoms with Crippen molar-refractivity contribution in [3.05, 3.63) is 0 Å². The predicted molar refractivity (Wildman–Crippen MR) is 63.7 cm³/mol. The van der Waals surface area contributed by atoms with Crippen LogP contribution >= 0.6 is 31.4 Å². The molecule has 0 aromatic rings. The lowest BCUT2D eigenvalue weighted by Gasteiger charge is -2.06. The van der Waals surface area contributed by atoms with Gasteiger partial charge < -0.3 is 21.7 Å². The second-order valence-electron chi connectivity index (χ2n) is 2.53. The molecular formula is C6H12N2O4S3. The number of hydrogen-bond donors (Lipinski definition) is 4. The Labute approximate surface area is 98.3 Å². The Bertz CT molecular complexity index is 206. The minimum atomic E-state index is -1.05. The van der Waals surface area contributed by atoms with Gasteiger partial charge in [0.2, 0.25) is 0 Å². The standard InChI is InChI=1S/C6H12N2O4S3/c7-3(5(9)10)1-13-15-14-2-4(8)6(11)12/h3-4H,1-2,7-8H2,(H,9,10)(H,11,12). The van der Waals surface area contributed by atoms with Crippen LogP contribution in [0.5, 0.6) is 0 Å².